The van der Waals surface area contributed by atoms with Crippen molar-refractivity contribution in [3.05, 3.63) is 46.7 Å². The van der Waals surface area contributed by atoms with Gasteiger partial charge in [0.05, 0.1) is 5.92 Å². The van der Waals surface area contributed by atoms with Gasteiger partial charge in [0.2, 0.25) is 11.9 Å². The first kappa shape index (κ1) is 16.0. The van der Waals surface area contributed by atoms with Gasteiger partial charge in [-0.15, -0.1) is 0 Å². The first-order chi connectivity index (χ1) is 11.1. The van der Waals surface area contributed by atoms with Crippen LogP contribution >= 0.6 is 23.2 Å². The molecule has 0 aliphatic carbocycles. The molecule has 0 bridgehead atoms. The zero-order chi connectivity index (χ0) is 16.2. The van der Waals surface area contributed by atoms with Crippen molar-refractivity contribution in [2.24, 2.45) is 5.92 Å². The molecule has 7 heteroatoms. The van der Waals surface area contributed by atoms with Crippen LogP contribution in [0.15, 0.2) is 36.7 Å². The lowest BCUT2D eigenvalue weighted by Gasteiger charge is -2.31. The number of anilines is 2. The van der Waals surface area contributed by atoms with Crippen molar-refractivity contribution >= 4 is 40.7 Å². The van der Waals surface area contributed by atoms with Crippen LogP contribution in [0, 0.1) is 5.92 Å². The van der Waals surface area contributed by atoms with Crippen molar-refractivity contribution in [1.29, 1.82) is 0 Å². The second-order valence-electron chi connectivity index (χ2n) is 5.48. The van der Waals surface area contributed by atoms with Crippen molar-refractivity contribution in [3.63, 3.8) is 0 Å². The highest BCUT2D eigenvalue weighted by Crippen LogP contribution is 2.25. The molecule has 1 fully saturated rings. The Bertz CT molecular complexity index is 675. The molecule has 120 valence electrons. The minimum atomic E-state index is -0.120. The average molecular weight is 351 g/mol. The maximum Gasteiger partial charge on any atom is 0.229 e. The van der Waals surface area contributed by atoms with Crippen LogP contribution in [0.25, 0.3) is 0 Å². The quantitative estimate of drug-likeness (QED) is 0.917. The molecular formula is C16H16Cl2N4O. The summed E-state index contributed by atoms with van der Waals surface area (Å²) in [6.07, 6.45) is 5.18. The van der Waals surface area contributed by atoms with Crippen LogP contribution in [-0.2, 0) is 4.79 Å². The molecule has 1 aliphatic rings. The highest BCUT2D eigenvalue weighted by molar-refractivity contribution is 6.35. The van der Waals surface area contributed by atoms with E-state index in [0.717, 1.165) is 19.4 Å². The minimum absolute atomic E-state index is 0.0380. The van der Waals surface area contributed by atoms with Crippen molar-refractivity contribution < 1.29 is 4.79 Å². The Balaban J connectivity index is 1.67. The SMILES string of the molecule is O=C(Nc1cc(Cl)cc(Cl)c1)C1CCCN(c2ncccn2)C1. The van der Waals surface area contributed by atoms with E-state index in [4.69, 9.17) is 23.2 Å². The third-order valence-electron chi connectivity index (χ3n) is 3.76. The predicted octanol–water partition coefficient (Wildman–Crippen LogP) is 3.64. The van der Waals surface area contributed by atoms with Crippen LogP contribution in [0.1, 0.15) is 12.8 Å². The molecule has 1 aliphatic heterocycles. The molecule has 0 spiro atoms. The molecule has 1 amide bonds. The summed E-state index contributed by atoms with van der Waals surface area (Å²) in [6.45, 7) is 1.46. The predicted molar refractivity (Wildman–Crippen MR) is 92.1 cm³/mol. The lowest BCUT2D eigenvalue weighted by atomic mass is 9.97. The molecule has 2 heterocycles. The third kappa shape index (κ3) is 4.12. The lowest BCUT2D eigenvalue weighted by molar-refractivity contribution is -0.120. The second-order valence-corrected chi connectivity index (χ2v) is 6.35. The fraction of sp³-hybridized carbons (Fsp3) is 0.312. The van der Waals surface area contributed by atoms with E-state index >= 15 is 0 Å². The smallest absolute Gasteiger partial charge is 0.229 e. The summed E-state index contributed by atoms with van der Waals surface area (Å²) < 4.78 is 0. The summed E-state index contributed by atoms with van der Waals surface area (Å²) in [7, 11) is 0. The lowest BCUT2D eigenvalue weighted by Crippen LogP contribution is -2.41. The second kappa shape index (κ2) is 7.15. The van der Waals surface area contributed by atoms with Crippen molar-refractivity contribution in [2.45, 2.75) is 12.8 Å². The van der Waals surface area contributed by atoms with E-state index in [9.17, 15) is 4.79 Å². The first-order valence-electron chi connectivity index (χ1n) is 7.41. The number of halogens is 2. The Morgan fingerprint density at radius 3 is 2.57 bits per heavy atom. The molecule has 3 rings (SSSR count). The molecular weight excluding hydrogens is 335 g/mol. The van der Waals surface area contributed by atoms with Gasteiger partial charge >= 0.3 is 0 Å². The number of carbonyl (C=O) groups excluding carboxylic acids is 1. The van der Waals surface area contributed by atoms with E-state index in [2.05, 4.69) is 15.3 Å². The number of carbonyl (C=O) groups is 1. The number of rotatable bonds is 3. The number of nitrogens with one attached hydrogen (secondary N) is 1. The van der Waals surface area contributed by atoms with Gasteiger partial charge in [0.15, 0.2) is 0 Å². The van der Waals surface area contributed by atoms with Gasteiger partial charge in [-0.05, 0) is 37.1 Å². The van der Waals surface area contributed by atoms with Gasteiger partial charge < -0.3 is 10.2 Å². The molecule has 5 nitrogen and oxygen atoms in total. The van der Waals surface area contributed by atoms with Crippen LogP contribution in [0.2, 0.25) is 10.0 Å². The Morgan fingerprint density at radius 1 is 1.17 bits per heavy atom. The monoisotopic (exact) mass is 350 g/mol. The van der Waals surface area contributed by atoms with Gasteiger partial charge in [-0.3, -0.25) is 4.79 Å². The van der Waals surface area contributed by atoms with Crippen LogP contribution in [0.5, 0.6) is 0 Å². The highest BCUT2D eigenvalue weighted by Gasteiger charge is 2.27. The molecule has 1 unspecified atom stereocenters. The standard InChI is InChI=1S/C16H16Cl2N4O/c17-12-7-13(18)9-14(8-12)21-15(23)11-3-1-6-22(10-11)16-19-4-2-5-20-16/h2,4-5,7-9,11H,1,3,6,10H2,(H,21,23). The molecule has 0 radical (unpaired) electrons. The largest absolute Gasteiger partial charge is 0.340 e. The summed E-state index contributed by atoms with van der Waals surface area (Å²) in [5, 5.41) is 3.88. The average Bonchev–Trinajstić information content (AvgIpc) is 2.55. The van der Waals surface area contributed by atoms with E-state index in [1.807, 2.05) is 4.90 Å². The van der Waals surface area contributed by atoms with Crippen LogP contribution in [-0.4, -0.2) is 29.0 Å². The van der Waals surface area contributed by atoms with E-state index in [0.29, 0.717) is 28.2 Å². The van der Waals surface area contributed by atoms with E-state index in [1.165, 1.54) is 0 Å². The Kier molecular flexibility index (Phi) is 4.98. The topological polar surface area (TPSA) is 58.1 Å². The number of aromatic nitrogens is 2. The van der Waals surface area contributed by atoms with Crippen molar-refractivity contribution in [2.75, 3.05) is 23.3 Å². The van der Waals surface area contributed by atoms with Gasteiger partial charge in [-0.2, -0.15) is 0 Å². The molecule has 1 aromatic heterocycles. The summed E-state index contributed by atoms with van der Waals surface area (Å²) in [5.41, 5.74) is 0.612. The fourth-order valence-electron chi connectivity index (χ4n) is 2.70. The normalized spacial score (nSPS) is 17.8. The van der Waals surface area contributed by atoms with Gasteiger partial charge in [0, 0.05) is 41.2 Å². The van der Waals surface area contributed by atoms with Gasteiger partial charge in [-0.1, -0.05) is 23.2 Å². The maximum absolute atomic E-state index is 12.5. The maximum atomic E-state index is 12.5. The highest BCUT2D eigenvalue weighted by atomic mass is 35.5. The first-order valence-corrected chi connectivity index (χ1v) is 8.16. The van der Waals surface area contributed by atoms with Gasteiger partial charge in [-0.25, -0.2) is 9.97 Å². The van der Waals surface area contributed by atoms with E-state index < -0.39 is 0 Å². The van der Waals surface area contributed by atoms with Gasteiger partial charge in [0.25, 0.3) is 0 Å². The molecule has 1 saturated heterocycles. The zero-order valence-electron chi connectivity index (χ0n) is 12.4. The Morgan fingerprint density at radius 2 is 1.87 bits per heavy atom. The summed E-state index contributed by atoms with van der Waals surface area (Å²) in [6, 6.07) is 6.78. The van der Waals surface area contributed by atoms with Crippen LogP contribution in [0.3, 0.4) is 0 Å². The number of hydrogen-bond donors (Lipinski definition) is 1. The molecule has 1 atom stereocenters. The zero-order valence-corrected chi connectivity index (χ0v) is 13.9. The fourth-order valence-corrected chi connectivity index (χ4v) is 3.22. The molecule has 1 aromatic carbocycles. The van der Waals surface area contributed by atoms with E-state index in [-0.39, 0.29) is 11.8 Å². The van der Waals surface area contributed by atoms with E-state index in [1.54, 1.807) is 36.7 Å². The van der Waals surface area contributed by atoms with Crippen LogP contribution in [0.4, 0.5) is 11.6 Å². The summed E-state index contributed by atoms with van der Waals surface area (Å²) in [4.78, 5) is 23.0. The number of hydrogen-bond acceptors (Lipinski definition) is 4. The Hall–Kier alpha value is -1.85. The molecule has 0 saturated carbocycles. The van der Waals surface area contributed by atoms with Crippen LogP contribution < -0.4 is 10.2 Å². The number of benzene rings is 1. The molecule has 2 aromatic rings. The number of nitrogens with zero attached hydrogens (tertiary/aromatic N) is 3. The van der Waals surface area contributed by atoms with Crippen molar-refractivity contribution in [3.8, 4) is 0 Å². The molecule has 1 N–H and O–H groups in total. The van der Waals surface area contributed by atoms with Gasteiger partial charge in [0.1, 0.15) is 0 Å². The minimum Gasteiger partial charge on any atom is -0.340 e. The van der Waals surface area contributed by atoms with Crippen molar-refractivity contribution in [1.82, 2.24) is 9.97 Å². The Labute approximate surface area is 144 Å². The number of amides is 1. The summed E-state index contributed by atoms with van der Waals surface area (Å²) >= 11 is 11.9. The molecule has 23 heavy (non-hydrogen) atoms. The number of piperidine rings is 1. The summed E-state index contributed by atoms with van der Waals surface area (Å²) in [5.74, 6) is 0.505. The third-order valence-corrected chi connectivity index (χ3v) is 4.19.